The van der Waals surface area contributed by atoms with Gasteiger partial charge in [0.2, 0.25) is 0 Å². The van der Waals surface area contributed by atoms with Crippen LogP contribution in [0, 0.1) is 0 Å². The smallest absolute Gasteiger partial charge is 0.163 e. The highest BCUT2D eigenvalue weighted by molar-refractivity contribution is 6.09. The highest BCUT2D eigenvalue weighted by Gasteiger charge is 2.10. The van der Waals surface area contributed by atoms with Crippen LogP contribution in [0.4, 0.5) is 0 Å². The molecule has 0 spiro atoms. The van der Waals surface area contributed by atoms with Gasteiger partial charge in [0.05, 0.1) is 0 Å². The van der Waals surface area contributed by atoms with Crippen molar-refractivity contribution < 1.29 is 4.79 Å². The Morgan fingerprint density at radius 1 is 1.45 bits per heavy atom. The molecule has 0 aromatic heterocycles. The largest absolute Gasteiger partial charge is 0.294 e. The van der Waals surface area contributed by atoms with E-state index in [2.05, 4.69) is 4.99 Å². The number of nitrogens with zero attached hydrogens (tertiary/aromatic N) is 1. The number of hydrogen-bond acceptors (Lipinski definition) is 2. The highest BCUT2D eigenvalue weighted by Crippen LogP contribution is 2.12. The number of rotatable bonds is 2. The zero-order chi connectivity index (χ0) is 8.27. The van der Waals surface area contributed by atoms with Gasteiger partial charge >= 0.3 is 0 Å². The first-order valence-electron chi connectivity index (χ1n) is 4.06. The van der Waals surface area contributed by atoms with Gasteiger partial charge in [-0.05, 0) is 12.8 Å². The van der Waals surface area contributed by atoms with E-state index < -0.39 is 0 Å². The molecule has 0 aromatic rings. The van der Waals surface area contributed by atoms with Gasteiger partial charge in [-0.1, -0.05) is 13.8 Å². The van der Waals surface area contributed by atoms with Crippen LogP contribution in [0.15, 0.2) is 16.8 Å². The summed E-state index contributed by atoms with van der Waals surface area (Å²) in [5, 5.41) is 0. The molecule has 0 aromatic carbocycles. The minimum absolute atomic E-state index is 0.203. The average Bonchev–Trinajstić information content (AvgIpc) is 2.03. The second-order valence-corrected chi connectivity index (χ2v) is 2.66. The number of carbonyl (C=O) groups excluding carboxylic acids is 1. The Hall–Kier alpha value is -0.920. The molecule has 0 unspecified atom stereocenters. The Labute approximate surface area is 67.0 Å². The molecule has 1 rings (SSSR count). The van der Waals surface area contributed by atoms with Gasteiger partial charge in [-0.3, -0.25) is 9.79 Å². The SMILES string of the molecule is CCC1=CC(=O)CC(CC)=N1. The number of allylic oxidation sites excluding steroid dienone is 2. The van der Waals surface area contributed by atoms with E-state index >= 15 is 0 Å². The summed E-state index contributed by atoms with van der Waals surface area (Å²) < 4.78 is 0. The molecule has 0 bridgehead atoms. The third-order valence-corrected chi connectivity index (χ3v) is 1.78. The number of carbonyl (C=O) groups is 1. The zero-order valence-electron chi connectivity index (χ0n) is 7.05. The Balaban J connectivity index is 2.79. The van der Waals surface area contributed by atoms with Crippen molar-refractivity contribution in [3.05, 3.63) is 11.8 Å². The van der Waals surface area contributed by atoms with Crippen molar-refractivity contribution in [2.75, 3.05) is 0 Å². The van der Waals surface area contributed by atoms with Gasteiger partial charge in [0.1, 0.15) is 0 Å². The molecule has 60 valence electrons. The molecular formula is C9H13NO. The number of aliphatic imine (C=N–C) groups is 1. The molecule has 1 aliphatic heterocycles. The van der Waals surface area contributed by atoms with E-state index in [1.165, 1.54) is 0 Å². The summed E-state index contributed by atoms with van der Waals surface area (Å²) >= 11 is 0. The Kier molecular flexibility index (Phi) is 2.58. The lowest BCUT2D eigenvalue weighted by molar-refractivity contribution is -0.113. The van der Waals surface area contributed by atoms with E-state index in [1.54, 1.807) is 6.08 Å². The molecule has 0 aliphatic carbocycles. The molecule has 0 atom stereocenters. The van der Waals surface area contributed by atoms with E-state index in [9.17, 15) is 4.79 Å². The Morgan fingerprint density at radius 3 is 2.73 bits per heavy atom. The van der Waals surface area contributed by atoms with Crippen LogP contribution in [-0.4, -0.2) is 11.5 Å². The minimum Gasteiger partial charge on any atom is -0.294 e. The van der Waals surface area contributed by atoms with E-state index in [1.807, 2.05) is 13.8 Å². The van der Waals surface area contributed by atoms with Gasteiger partial charge in [0, 0.05) is 23.9 Å². The van der Waals surface area contributed by atoms with Crippen LogP contribution >= 0.6 is 0 Å². The molecule has 0 N–H and O–H groups in total. The molecule has 0 radical (unpaired) electrons. The third kappa shape index (κ3) is 2.00. The predicted molar refractivity (Wildman–Crippen MR) is 45.7 cm³/mol. The molecule has 1 aliphatic rings. The molecule has 2 nitrogen and oxygen atoms in total. The molecule has 2 heteroatoms. The third-order valence-electron chi connectivity index (χ3n) is 1.78. The van der Waals surface area contributed by atoms with E-state index in [0.29, 0.717) is 6.42 Å². The van der Waals surface area contributed by atoms with Gasteiger partial charge < -0.3 is 0 Å². The first-order valence-corrected chi connectivity index (χ1v) is 4.06. The lowest BCUT2D eigenvalue weighted by Crippen LogP contribution is -2.10. The van der Waals surface area contributed by atoms with Gasteiger partial charge in [0.25, 0.3) is 0 Å². The van der Waals surface area contributed by atoms with Gasteiger partial charge in [-0.2, -0.15) is 0 Å². The van der Waals surface area contributed by atoms with Crippen LogP contribution in [0.3, 0.4) is 0 Å². The van der Waals surface area contributed by atoms with Gasteiger partial charge in [-0.15, -0.1) is 0 Å². The molecular weight excluding hydrogens is 138 g/mol. The molecule has 11 heavy (non-hydrogen) atoms. The normalized spacial score (nSPS) is 17.8. The van der Waals surface area contributed by atoms with Crippen LogP contribution in [0.5, 0.6) is 0 Å². The minimum atomic E-state index is 0.203. The predicted octanol–water partition coefficient (Wildman–Crippen LogP) is 2.10. The van der Waals surface area contributed by atoms with Crippen molar-refractivity contribution in [3.8, 4) is 0 Å². The maximum Gasteiger partial charge on any atom is 0.163 e. The van der Waals surface area contributed by atoms with Crippen molar-refractivity contribution in [2.24, 2.45) is 4.99 Å². The monoisotopic (exact) mass is 151 g/mol. The average molecular weight is 151 g/mol. The molecule has 0 saturated carbocycles. The van der Waals surface area contributed by atoms with Crippen LogP contribution in [0.25, 0.3) is 0 Å². The van der Waals surface area contributed by atoms with E-state index in [-0.39, 0.29) is 5.78 Å². The van der Waals surface area contributed by atoms with Crippen molar-refractivity contribution >= 4 is 11.5 Å². The quantitative estimate of drug-likeness (QED) is 0.594. The lowest BCUT2D eigenvalue weighted by atomic mass is 10.1. The molecule has 1 heterocycles. The second-order valence-electron chi connectivity index (χ2n) is 2.66. The molecule has 0 saturated heterocycles. The Morgan fingerprint density at radius 2 is 2.18 bits per heavy atom. The standard InChI is InChI=1S/C9H13NO/c1-3-7-5-9(11)6-8(4-2)10-7/h5H,3-4,6H2,1-2H3. The van der Waals surface area contributed by atoms with Crippen LogP contribution < -0.4 is 0 Å². The molecule has 0 fully saturated rings. The lowest BCUT2D eigenvalue weighted by Gasteiger charge is -2.08. The van der Waals surface area contributed by atoms with Crippen LogP contribution in [0.1, 0.15) is 33.1 Å². The van der Waals surface area contributed by atoms with Crippen LogP contribution in [0.2, 0.25) is 0 Å². The van der Waals surface area contributed by atoms with Crippen molar-refractivity contribution in [3.63, 3.8) is 0 Å². The summed E-state index contributed by atoms with van der Waals surface area (Å²) in [4.78, 5) is 15.4. The van der Waals surface area contributed by atoms with Crippen molar-refractivity contribution in [1.29, 1.82) is 0 Å². The maximum atomic E-state index is 11.0. The van der Waals surface area contributed by atoms with Crippen molar-refractivity contribution in [2.45, 2.75) is 33.1 Å². The fraction of sp³-hybridized carbons (Fsp3) is 0.556. The maximum absolute atomic E-state index is 11.0. The molecule has 0 amide bonds. The summed E-state index contributed by atoms with van der Waals surface area (Å²) in [6.07, 6.45) is 3.93. The number of ketones is 1. The summed E-state index contributed by atoms with van der Waals surface area (Å²) in [5.74, 6) is 0.203. The zero-order valence-corrected chi connectivity index (χ0v) is 7.05. The van der Waals surface area contributed by atoms with E-state index in [0.717, 1.165) is 24.3 Å². The topological polar surface area (TPSA) is 29.4 Å². The van der Waals surface area contributed by atoms with Crippen molar-refractivity contribution in [1.82, 2.24) is 0 Å². The number of hydrogen-bond donors (Lipinski definition) is 0. The van der Waals surface area contributed by atoms with Crippen LogP contribution in [-0.2, 0) is 4.79 Å². The summed E-state index contributed by atoms with van der Waals surface area (Å²) in [6, 6.07) is 0. The summed E-state index contributed by atoms with van der Waals surface area (Å²) in [7, 11) is 0. The fourth-order valence-electron chi connectivity index (χ4n) is 1.10. The van der Waals surface area contributed by atoms with E-state index in [4.69, 9.17) is 0 Å². The summed E-state index contributed by atoms with van der Waals surface area (Å²) in [6.45, 7) is 4.05. The van der Waals surface area contributed by atoms with Gasteiger partial charge in [-0.25, -0.2) is 0 Å². The Bertz CT molecular complexity index is 226. The first-order chi connectivity index (χ1) is 5.26. The van der Waals surface area contributed by atoms with Gasteiger partial charge in [0.15, 0.2) is 5.78 Å². The second kappa shape index (κ2) is 3.46. The first kappa shape index (κ1) is 8.18. The highest BCUT2D eigenvalue weighted by atomic mass is 16.1. The fourth-order valence-corrected chi connectivity index (χ4v) is 1.10. The summed E-state index contributed by atoms with van der Waals surface area (Å²) in [5.41, 5.74) is 1.95.